The van der Waals surface area contributed by atoms with Crippen molar-refractivity contribution in [2.45, 2.75) is 0 Å². The molecule has 0 saturated carbocycles. The summed E-state index contributed by atoms with van der Waals surface area (Å²) in [7, 11) is 0. The van der Waals surface area contributed by atoms with Crippen molar-refractivity contribution in [1.29, 1.82) is 0 Å². The van der Waals surface area contributed by atoms with Crippen molar-refractivity contribution < 1.29 is 4.79 Å². The van der Waals surface area contributed by atoms with Crippen molar-refractivity contribution in [3.63, 3.8) is 0 Å². The first-order valence-electron chi connectivity index (χ1n) is 8.75. The molecule has 2 heterocycles. The summed E-state index contributed by atoms with van der Waals surface area (Å²) in [6.45, 7) is 0. The van der Waals surface area contributed by atoms with Gasteiger partial charge in [-0.15, -0.1) is 0 Å². The molecule has 0 atom stereocenters. The second kappa shape index (κ2) is 8.09. The Morgan fingerprint density at radius 3 is 2.50 bits per heavy atom. The fraction of sp³-hybridized carbons (Fsp3) is 0. The minimum Gasteiger partial charge on any atom is -0.324 e. The first kappa shape index (κ1) is 17.4. The Balaban J connectivity index is 1.52. The molecule has 4 aromatic rings. The number of pyridine rings is 1. The van der Waals surface area contributed by atoms with E-state index in [4.69, 9.17) is 0 Å². The van der Waals surface area contributed by atoms with Crippen LogP contribution in [0.25, 0.3) is 11.3 Å². The largest absolute Gasteiger partial charge is 0.324 e. The standard InChI is InChI=1S/C22H17N5O/c28-21(25-18-8-2-1-3-9-18)16-6-4-10-19(14-16)26-22-24-13-11-20(27-22)17-7-5-12-23-15-17/h1-15H,(H,25,28)(H,24,26,27). The number of rotatable bonds is 5. The topological polar surface area (TPSA) is 79.8 Å². The molecular formula is C22H17N5O. The number of nitrogens with one attached hydrogen (secondary N) is 2. The van der Waals surface area contributed by atoms with Crippen molar-refractivity contribution in [3.05, 3.63) is 97.0 Å². The molecule has 0 spiro atoms. The van der Waals surface area contributed by atoms with E-state index in [1.807, 2.05) is 60.7 Å². The van der Waals surface area contributed by atoms with E-state index in [9.17, 15) is 4.79 Å². The third kappa shape index (κ3) is 4.19. The van der Waals surface area contributed by atoms with Crippen LogP contribution in [0.2, 0.25) is 0 Å². The Morgan fingerprint density at radius 1 is 0.821 bits per heavy atom. The number of para-hydroxylation sites is 1. The summed E-state index contributed by atoms with van der Waals surface area (Å²) in [4.78, 5) is 25.4. The van der Waals surface area contributed by atoms with Crippen LogP contribution in [0.3, 0.4) is 0 Å². The third-order valence-electron chi connectivity index (χ3n) is 4.03. The van der Waals surface area contributed by atoms with E-state index in [0.29, 0.717) is 11.5 Å². The zero-order valence-corrected chi connectivity index (χ0v) is 14.9. The molecule has 0 unspecified atom stereocenters. The summed E-state index contributed by atoms with van der Waals surface area (Å²) in [5.41, 5.74) is 3.69. The molecule has 136 valence electrons. The van der Waals surface area contributed by atoms with Gasteiger partial charge in [-0.2, -0.15) is 0 Å². The molecule has 0 saturated heterocycles. The highest BCUT2D eigenvalue weighted by Gasteiger charge is 2.08. The number of carbonyl (C=O) groups is 1. The second-order valence-electron chi connectivity index (χ2n) is 6.03. The Kier molecular flexibility index (Phi) is 5.02. The maximum absolute atomic E-state index is 12.5. The number of carbonyl (C=O) groups excluding carboxylic acids is 1. The quantitative estimate of drug-likeness (QED) is 0.541. The highest BCUT2D eigenvalue weighted by molar-refractivity contribution is 6.04. The van der Waals surface area contributed by atoms with Crippen LogP contribution in [0.1, 0.15) is 10.4 Å². The SMILES string of the molecule is O=C(Nc1ccccc1)c1cccc(Nc2nccc(-c3cccnc3)n2)c1. The number of amides is 1. The predicted molar refractivity (Wildman–Crippen MR) is 109 cm³/mol. The summed E-state index contributed by atoms with van der Waals surface area (Å²) in [5, 5.41) is 6.03. The summed E-state index contributed by atoms with van der Waals surface area (Å²) in [6, 6.07) is 22.2. The number of anilines is 3. The van der Waals surface area contributed by atoms with E-state index in [-0.39, 0.29) is 5.91 Å². The van der Waals surface area contributed by atoms with Crippen LogP contribution < -0.4 is 10.6 Å². The van der Waals surface area contributed by atoms with E-state index in [1.165, 1.54) is 0 Å². The van der Waals surface area contributed by atoms with Gasteiger partial charge in [0.05, 0.1) is 5.69 Å². The molecule has 1 amide bonds. The van der Waals surface area contributed by atoms with Crippen molar-refractivity contribution in [3.8, 4) is 11.3 Å². The number of benzene rings is 2. The zero-order chi connectivity index (χ0) is 19.2. The highest BCUT2D eigenvalue weighted by Crippen LogP contribution is 2.19. The van der Waals surface area contributed by atoms with Crippen molar-refractivity contribution in [2.75, 3.05) is 10.6 Å². The second-order valence-corrected chi connectivity index (χ2v) is 6.03. The van der Waals surface area contributed by atoms with Crippen LogP contribution in [0.4, 0.5) is 17.3 Å². The number of hydrogen-bond acceptors (Lipinski definition) is 5. The predicted octanol–water partition coefficient (Wildman–Crippen LogP) is 4.53. The fourth-order valence-corrected chi connectivity index (χ4v) is 2.69. The van der Waals surface area contributed by atoms with Crippen molar-refractivity contribution >= 4 is 23.2 Å². The Morgan fingerprint density at radius 2 is 1.68 bits per heavy atom. The molecule has 0 fully saturated rings. The molecule has 0 bridgehead atoms. The lowest BCUT2D eigenvalue weighted by Gasteiger charge is -2.09. The minimum atomic E-state index is -0.181. The van der Waals surface area contributed by atoms with Gasteiger partial charge < -0.3 is 10.6 Å². The van der Waals surface area contributed by atoms with Gasteiger partial charge in [0.1, 0.15) is 0 Å². The van der Waals surface area contributed by atoms with Gasteiger partial charge in [0, 0.05) is 41.1 Å². The highest BCUT2D eigenvalue weighted by atomic mass is 16.1. The smallest absolute Gasteiger partial charge is 0.255 e. The Bertz CT molecular complexity index is 1080. The lowest BCUT2D eigenvalue weighted by atomic mass is 10.2. The average Bonchev–Trinajstić information content (AvgIpc) is 2.75. The Hall–Kier alpha value is -4.06. The number of nitrogens with zero attached hydrogens (tertiary/aromatic N) is 3. The summed E-state index contributed by atoms with van der Waals surface area (Å²) in [6.07, 6.45) is 5.15. The lowest BCUT2D eigenvalue weighted by molar-refractivity contribution is 0.102. The summed E-state index contributed by atoms with van der Waals surface area (Å²) >= 11 is 0. The Labute approximate surface area is 162 Å². The van der Waals surface area contributed by atoms with Gasteiger partial charge in [-0.1, -0.05) is 24.3 Å². The molecule has 6 nitrogen and oxygen atoms in total. The maximum Gasteiger partial charge on any atom is 0.255 e. The number of aromatic nitrogens is 3. The molecule has 0 radical (unpaired) electrons. The van der Waals surface area contributed by atoms with E-state index in [0.717, 1.165) is 22.6 Å². The van der Waals surface area contributed by atoms with Gasteiger partial charge in [0.25, 0.3) is 5.91 Å². The minimum absolute atomic E-state index is 0.181. The third-order valence-corrected chi connectivity index (χ3v) is 4.03. The van der Waals surface area contributed by atoms with E-state index >= 15 is 0 Å². The van der Waals surface area contributed by atoms with Crippen LogP contribution in [-0.4, -0.2) is 20.9 Å². The normalized spacial score (nSPS) is 10.3. The molecule has 0 aliphatic carbocycles. The summed E-state index contributed by atoms with van der Waals surface area (Å²) in [5.74, 6) is 0.266. The number of hydrogen-bond donors (Lipinski definition) is 2. The zero-order valence-electron chi connectivity index (χ0n) is 14.9. The molecule has 2 aromatic carbocycles. The van der Waals surface area contributed by atoms with Crippen LogP contribution in [0.5, 0.6) is 0 Å². The maximum atomic E-state index is 12.5. The van der Waals surface area contributed by atoms with E-state index < -0.39 is 0 Å². The first-order valence-corrected chi connectivity index (χ1v) is 8.75. The van der Waals surface area contributed by atoms with Gasteiger partial charge in [0.15, 0.2) is 0 Å². The molecule has 2 N–H and O–H groups in total. The molecule has 6 heteroatoms. The fourth-order valence-electron chi connectivity index (χ4n) is 2.69. The van der Waals surface area contributed by atoms with Gasteiger partial charge in [-0.25, -0.2) is 9.97 Å². The first-order chi connectivity index (χ1) is 13.8. The molecule has 0 aliphatic rings. The van der Waals surface area contributed by atoms with Crippen LogP contribution in [0, 0.1) is 0 Å². The van der Waals surface area contributed by atoms with Crippen molar-refractivity contribution in [2.24, 2.45) is 0 Å². The van der Waals surface area contributed by atoms with Gasteiger partial charge in [-0.3, -0.25) is 9.78 Å². The van der Waals surface area contributed by atoms with Gasteiger partial charge in [-0.05, 0) is 48.5 Å². The lowest BCUT2D eigenvalue weighted by Crippen LogP contribution is -2.12. The van der Waals surface area contributed by atoms with Crippen LogP contribution in [-0.2, 0) is 0 Å². The van der Waals surface area contributed by atoms with Crippen LogP contribution >= 0.6 is 0 Å². The van der Waals surface area contributed by atoms with Crippen molar-refractivity contribution in [1.82, 2.24) is 15.0 Å². The van der Waals surface area contributed by atoms with Gasteiger partial charge in [0.2, 0.25) is 5.95 Å². The van der Waals surface area contributed by atoms with E-state index in [1.54, 1.807) is 30.7 Å². The molecule has 28 heavy (non-hydrogen) atoms. The van der Waals surface area contributed by atoms with E-state index in [2.05, 4.69) is 25.6 Å². The summed E-state index contributed by atoms with van der Waals surface area (Å²) < 4.78 is 0. The monoisotopic (exact) mass is 367 g/mol. The van der Waals surface area contributed by atoms with Gasteiger partial charge >= 0.3 is 0 Å². The van der Waals surface area contributed by atoms with Crippen LogP contribution in [0.15, 0.2) is 91.4 Å². The molecule has 0 aliphatic heterocycles. The average molecular weight is 367 g/mol. The molecule has 4 rings (SSSR count). The molecule has 2 aromatic heterocycles. The molecular weight excluding hydrogens is 350 g/mol.